The van der Waals surface area contributed by atoms with Crippen LogP contribution in [0.25, 0.3) is 0 Å². The van der Waals surface area contributed by atoms with Gasteiger partial charge in [-0.15, -0.1) is 0 Å². The first kappa shape index (κ1) is 14.4. The van der Waals surface area contributed by atoms with Gasteiger partial charge in [0.05, 0.1) is 27.0 Å². The maximum absolute atomic E-state index is 5.71. The van der Waals surface area contributed by atoms with Gasteiger partial charge in [0.1, 0.15) is 5.76 Å². The third kappa shape index (κ3) is 3.31. The van der Waals surface area contributed by atoms with Crippen LogP contribution in [-0.2, 0) is 19.6 Å². The lowest BCUT2D eigenvalue weighted by atomic mass is 10.1. The third-order valence-electron chi connectivity index (χ3n) is 3.05. The van der Waals surface area contributed by atoms with E-state index in [1.807, 2.05) is 24.3 Å². The topological polar surface area (TPSA) is 69.7 Å². The van der Waals surface area contributed by atoms with Crippen LogP contribution < -0.4 is 20.5 Å². The molecule has 0 aliphatic rings. The first-order valence-corrected chi connectivity index (χ1v) is 6.45. The average Bonchev–Trinajstić information content (AvgIpc) is 2.99. The summed E-state index contributed by atoms with van der Waals surface area (Å²) in [5.74, 6) is 2.33. The minimum Gasteiger partial charge on any atom is -0.493 e. The fourth-order valence-corrected chi connectivity index (χ4v) is 2.09. The van der Waals surface area contributed by atoms with Crippen molar-refractivity contribution in [3.63, 3.8) is 0 Å². The van der Waals surface area contributed by atoms with E-state index in [9.17, 15) is 0 Å². The number of nitrogens with one attached hydrogen (secondary N) is 1. The Morgan fingerprint density at radius 1 is 1.20 bits per heavy atom. The first-order valence-electron chi connectivity index (χ1n) is 6.45. The Kier molecular flexibility index (Phi) is 5.03. The van der Waals surface area contributed by atoms with Crippen LogP contribution in [0, 0.1) is 0 Å². The molecule has 0 atom stereocenters. The molecule has 0 saturated carbocycles. The van der Waals surface area contributed by atoms with Gasteiger partial charge in [-0.25, -0.2) is 0 Å². The number of nitrogens with two attached hydrogens (primary N) is 1. The molecular formula is C15H20N2O3. The van der Waals surface area contributed by atoms with Crippen molar-refractivity contribution in [1.82, 2.24) is 5.32 Å². The summed E-state index contributed by atoms with van der Waals surface area (Å²) in [6, 6.07) is 7.72. The minimum atomic E-state index is 0.464. The van der Waals surface area contributed by atoms with Crippen molar-refractivity contribution in [1.29, 1.82) is 0 Å². The summed E-state index contributed by atoms with van der Waals surface area (Å²) in [6.45, 7) is 1.77. The molecule has 0 aliphatic heterocycles. The van der Waals surface area contributed by atoms with Gasteiger partial charge in [-0.1, -0.05) is 0 Å². The molecule has 0 spiro atoms. The molecule has 0 fully saturated rings. The van der Waals surface area contributed by atoms with Gasteiger partial charge in [-0.3, -0.25) is 0 Å². The number of rotatable bonds is 7. The summed E-state index contributed by atoms with van der Waals surface area (Å²) in [5.41, 5.74) is 7.73. The minimum absolute atomic E-state index is 0.464. The molecule has 5 nitrogen and oxygen atoms in total. The molecule has 0 radical (unpaired) electrons. The number of benzene rings is 1. The largest absolute Gasteiger partial charge is 0.493 e. The van der Waals surface area contributed by atoms with E-state index in [-0.39, 0.29) is 0 Å². The predicted molar refractivity (Wildman–Crippen MR) is 76.7 cm³/mol. The lowest BCUT2D eigenvalue weighted by molar-refractivity contribution is 0.350. The van der Waals surface area contributed by atoms with Gasteiger partial charge in [0.2, 0.25) is 0 Å². The van der Waals surface area contributed by atoms with E-state index in [0.29, 0.717) is 25.4 Å². The van der Waals surface area contributed by atoms with E-state index in [2.05, 4.69) is 5.32 Å². The number of methoxy groups -OCH3 is 2. The van der Waals surface area contributed by atoms with E-state index in [1.54, 1.807) is 20.5 Å². The Labute approximate surface area is 118 Å². The van der Waals surface area contributed by atoms with E-state index < -0.39 is 0 Å². The number of hydrogen-bond donors (Lipinski definition) is 2. The Morgan fingerprint density at radius 3 is 2.65 bits per heavy atom. The Hall–Kier alpha value is -1.98. The van der Waals surface area contributed by atoms with E-state index in [4.69, 9.17) is 19.6 Å². The molecule has 0 bridgehead atoms. The molecule has 5 heteroatoms. The van der Waals surface area contributed by atoms with Gasteiger partial charge in [0.25, 0.3) is 0 Å². The molecule has 0 unspecified atom stereocenters. The SMILES string of the molecule is COc1cc(CN)cc(CNCc2ccco2)c1OC. The van der Waals surface area contributed by atoms with E-state index in [1.165, 1.54) is 0 Å². The molecule has 2 aromatic rings. The van der Waals surface area contributed by atoms with Gasteiger partial charge in [-0.05, 0) is 29.8 Å². The molecule has 20 heavy (non-hydrogen) atoms. The monoisotopic (exact) mass is 276 g/mol. The zero-order valence-corrected chi connectivity index (χ0v) is 11.8. The zero-order valence-electron chi connectivity index (χ0n) is 11.8. The molecule has 0 saturated heterocycles. The second-order valence-corrected chi connectivity index (χ2v) is 4.38. The van der Waals surface area contributed by atoms with Crippen LogP contribution in [0.2, 0.25) is 0 Å². The fraction of sp³-hybridized carbons (Fsp3) is 0.333. The molecule has 1 heterocycles. The summed E-state index contributed by atoms with van der Waals surface area (Å²) in [6.07, 6.45) is 1.66. The van der Waals surface area contributed by atoms with Gasteiger partial charge in [0, 0.05) is 18.7 Å². The first-order chi connectivity index (χ1) is 9.78. The Morgan fingerprint density at radius 2 is 2.05 bits per heavy atom. The lowest BCUT2D eigenvalue weighted by Crippen LogP contribution is -2.14. The van der Waals surface area contributed by atoms with Crippen molar-refractivity contribution in [3.05, 3.63) is 47.4 Å². The second-order valence-electron chi connectivity index (χ2n) is 4.38. The normalized spacial score (nSPS) is 10.6. The molecule has 108 valence electrons. The number of ether oxygens (including phenoxy) is 2. The predicted octanol–water partition coefficient (Wildman–Crippen LogP) is 2.05. The molecule has 1 aromatic heterocycles. The van der Waals surface area contributed by atoms with Gasteiger partial charge in [0.15, 0.2) is 11.5 Å². The van der Waals surface area contributed by atoms with Crippen molar-refractivity contribution >= 4 is 0 Å². The molecule has 0 amide bonds. The summed E-state index contributed by atoms with van der Waals surface area (Å²) in [5, 5.41) is 3.31. The van der Waals surface area contributed by atoms with Crippen LogP contribution >= 0.6 is 0 Å². The second kappa shape index (κ2) is 6.98. The van der Waals surface area contributed by atoms with Crippen molar-refractivity contribution in [2.24, 2.45) is 5.73 Å². The highest BCUT2D eigenvalue weighted by molar-refractivity contribution is 5.49. The zero-order chi connectivity index (χ0) is 14.4. The van der Waals surface area contributed by atoms with Crippen molar-refractivity contribution in [2.75, 3.05) is 14.2 Å². The van der Waals surface area contributed by atoms with Crippen LogP contribution in [-0.4, -0.2) is 14.2 Å². The molecule has 1 aromatic carbocycles. The highest BCUT2D eigenvalue weighted by Crippen LogP contribution is 2.32. The average molecular weight is 276 g/mol. The highest BCUT2D eigenvalue weighted by atomic mass is 16.5. The fourth-order valence-electron chi connectivity index (χ4n) is 2.09. The summed E-state index contributed by atoms with van der Waals surface area (Å²) in [7, 11) is 3.26. The number of furan rings is 1. The third-order valence-corrected chi connectivity index (χ3v) is 3.05. The van der Waals surface area contributed by atoms with Gasteiger partial charge >= 0.3 is 0 Å². The lowest BCUT2D eigenvalue weighted by Gasteiger charge is -2.15. The van der Waals surface area contributed by atoms with Gasteiger partial charge < -0.3 is 24.9 Å². The standard InChI is InChI=1S/C15H20N2O3/c1-18-14-7-11(8-16)6-12(15(14)19-2)9-17-10-13-4-3-5-20-13/h3-7,17H,8-10,16H2,1-2H3. The highest BCUT2D eigenvalue weighted by Gasteiger charge is 2.12. The maximum atomic E-state index is 5.71. The maximum Gasteiger partial charge on any atom is 0.165 e. The molecule has 2 rings (SSSR count). The van der Waals surface area contributed by atoms with Crippen molar-refractivity contribution in [2.45, 2.75) is 19.6 Å². The molecule has 0 aliphatic carbocycles. The number of hydrogen-bond acceptors (Lipinski definition) is 5. The smallest absolute Gasteiger partial charge is 0.165 e. The van der Waals surface area contributed by atoms with Crippen LogP contribution in [0.5, 0.6) is 11.5 Å². The van der Waals surface area contributed by atoms with E-state index >= 15 is 0 Å². The summed E-state index contributed by atoms with van der Waals surface area (Å²) >= 11 is 0. The summed E-state index contributed by atoms with van der Waals surface area (Å²) < 4.78 is 16.0. The Bertz CT molecular complexity index is 538. The van der Waals surface area contributed by atoms with Crippen molar-refractivity contribution in [3.8, 4) is 11.5 Å². The van der Waals surface area contributed by atoms with E-state index in [0.717, 1.165) is 22.6 Å². The van der Waals surface area contributed by atoms with Crippen LogP contribution in [0.15, 0.2) is 34.9 Å². The Balaban J connectivity index is 2.12. The van der Waals surface area contributed by atoms with Crippen LogP contribution in [0.3, 0.4) is 0 Å². The van der Waals surface area contributed by atoms with Crippen molar-refractivity contribution < 1.29 is 13.9 Å². The molecule has 3 N–H and O–H groups in total. The van der Waals surface area contributed by atoms with Gasteiger partial charge in [-0.2, -0.15) is 0 Å². The van der Waals surface area contributed by atoms with Crippen LogP contribution in [0.4, 0.5) is 0 Å². The summed E-state index contributed by atoms with van der Waals surface area (Å²) in [4.78, 5) is 0. The molecular weight excluding hydrogens is 256 g/mol. The van der Waals surface area contributed by atoms with Crippen LogP contribution in [0.1, 0.15) is 16.9 Å². The quantitative estimate of drug-likeness (QED) is 0.810.